The van der Waals surface area contributed by atoms with Gasteiger partial charge >= 0.3 is 11.9 Å². The second-order valence-corrected chi connectivity index (χ2v) is 7.85. The lowest BCUT2D eigenvalue weighted by molar-refractivity contribution is -0.150. The summed E-state index contributed by atoms with van der Waals surface area (Å²) in [5.74, 6) is -1.25. The number of carbonyl (C=O) groups is 4. The summed E-state index contributed by atoms with van der Waals surface area (Å²) in [5.41, 5.74) is 2.66. The first-order valence-electron chi connectivity index (χ1n) is 10.4. The molecule has 0 bridgehead atoms. The number of hydrogen-bond donors (Lipinski definition) is 1. The molecule has 0 aliphatic carbocycles. The fourth-order valence-electron chi connectivity index (χ4n) is 3.32. The first-order chi connectivity index (χ1) is 15.1. The van der Waals surface area contributed by atoms with E-state index in [-0.39, 0.29) is 24.9 Å². The van der Waals surface area contributed by atoms with Gasteiger partial charge in [-0.15, -0.1) is 0 Å². The van der Waals surface area contributed by atoms with Gasteiger partial charge in [0, 0.05) is 26.3 Å². The van der Waals surface area contributed by atoms with E-state index < -0.39 is 17.5 Å². The Labute approximate surface area is 188 Å². The number of carbonyl (C=O) groups excluding carboxylic acids is 4. The van der Waals surface area contributed by atoms with Crippen LogP contribution >= 0.6 is 0 Å². The summed E-state index contributed by atoms with van der Waals surface area (Å²) in [6, 6.07) is 15.3. The number of Topliss-reactive ketones (excluding diaryl/α,β-unsaturated/α-hetero) is 1. The standard InChI is InChI=1S/C25H29NO6/c1-17(27)22-9-11-24(12-10-22)23-7-5-21(6-8-23)13-14-25(26-18(2)28,15-31-19(3)29)16-32-20(4)30/h5-12H,13-16H2,1-4H3,(H,26,28). The maximum Gasteiger partial charge on any atom is 0.302 e. The fourth-order valence-corrected chi connectivity index (χ4v) is 3.32. The smallest absolute Gasteiger partial charge is 0.302 e. The molecule has 170 valence electrons. The molecule has 0 saturated heterocycles. The maximum absolute atomic E-state index is 11.8. The molecule has 1 N–H and O–H groups in total. The van der Waals surface area contributed by atoms with E-state index in [4.69, 9.17) is 9.47 Å². The zero-order valence-electron chi connectivity index (χ0n) is 18.9. The lowest BCUT2D eigenvalue weighted by atomic mass is 9.91. The van der Waals surface area contributed by atoms with E-state index in [1.165, 1.54) is 27.7 Å². The van der Waals surface area contributed by atoms with Crippen molar-refractivity contribution >= 4 is 23.6 Å². The molecular weight excluding hydrogens is 410 g/mol. The first kappa shape index (κ1) is 24.8. The normalized spacial score (nSPS) is 10.9. The molecule has 0 radical (unpaired) electrons. The van der Waals surface area contributed by atoms with E-state index in [2.05, 4.69) is 5.32 Å². The average molecular weight is 440 g/mol. The van der Waals surface area contributed by atoms with Gasteiger partial charge in [-0.05, 0) is 36.5 Å². The van der Waals surface area contributed by atoms with Crippen LogP contribution in [-0.2, 0) is 30.3 Å². The molecule has 1 amide bonds. The summed E-state index contributed by atoms with van der Waals surface area (Å²) in [4.78, 5) is 46.0. The van der Waals surface area contributed by atoms with Gasteiger partial charge in [-0.2, -0.15) is 0 Å². The van der Waals surface area contributed by atoms with Crippen molar-refractivity contribution in [1.82, 2.24) is 5.32 Å². The molecule has 32 heavy (non-hydrogen) atoms. The summed E-state index contributed by atoms with van der Waals surface area (Å²) >= 11 is 0. The number of amides is 1. The van der Waals surface area contributed by atoms with E-state index in [0.29, 0.717) is 18.4 Å². The Morgan fingerprint density at radius 3 is 1.62 bits per heavy atom. The molecule has 0 atom stereocenters. The first-order valence-corrected chi connectivity index (χ1v) is 10.4. The Hall–Kier alpha value is -3.48. The lowest BCUT2D eigenvalue weighted by Crippen LogP contribution is -2.55. The van der Waals surface area contributed by atoms with Crippen LogP contribution in [0.25, 0.3) is 11.1 Å². The molecule has 0 fully saturated rings. The van der Waals surface area contributed by atoms with Crippen LogP contribution in [0.1, 0.15) is 50.0 Å². The number of aryl methyl sites for hydroxylation is 1. The molecule has 2 aromatic carbocycles. The number of ketones is 1. The van der Waals surface area contributed by atoms with Gasteiger partial charge in [0.2, 0.25) is 5.91 Å². The quantitative estimate of drug-likeness (QED) is 0.449. The van der Waals surface area contributed by atoms with Gasteiger partial charge in [0.1, 0.15) is 18.8 Å². The van der Waals surface area contributed by atoms with Crippen molar-refractivity contribution in [2.75, 3.05) is 13.2 Å². The van der Waals surface area contributed by atoms with Gasteiger partial charge in [-0.1, -0.05) is 48.5 Å². The highest BCUT2D eigenvalue weighted by molar-refractivity contribution is 5.94. The molecule has 0 aromatic heterocycles. The molecule has 0 heterocycles. The van der Waals surface area contributed by atoms with Gasteiger partial charge in [0.05, 0.1) is 0 Å². The second kappa shape index (κ2) is 11.2. The van der Waals surface area contributed by atoms with E-state index in [0.717, 1.165) is 16.7 Å². The van der Waals surface area contributed by atoms with Gasteiger partial charge in [0.15, 0.2) is 5.78 Å². The van der Waals surface area contributed by atoms with Crippen molar-refractivity contribution in [3.05, 3.63) is 59.7 Å². The van der Waals surface area contributed by atoms with Gasteiger partial charge in [-0.25, -0.2) is 0 Å². The van der Waals surface area contributed by atoms with Crippen LogP contribution in [0.3, 0.4) is 0 Å². The molecule has 0 unspecified atom stereocenters. The minimum Gasteiger partial charge on any atom is -0.463 e. The molecule has 2 aromatic rings. The molecule has 7 nitrogen and oxygen atoms in total. The van der Waals surface area contributed by atoms with E-state index in [1.54, 1.807) is 12.1 Å². The topological polar surface area (TPSA) is 98.8 Å². The van der Waals surface area contributed by atoms with Crippen molar-refractivity contribution in [2.45, 2.75) is 46.1 Å². The van der Waals surface area contributed by atoms with Gasteiger partial charge in [-0.3, -0.25) is 19.2 Å². The predicted molar refractivity (Wildman–Crippen MR) is 120 cm³/mol. The van der Waals surface area contributed by atoms with Crippen LogP contribution in [0.2, 0.25) is 0 Å². The van der Waals surface area contributed by atoms with Crippen molar-refractivity contribution in [1.29, 1.82) is 0 Å². The van der Waals surface area contributed by atoms with E-state index in [1.807, 2.05) is 36.4 Å². The monoisotopic (exact) mass is 439 g/mol. The van der Waals surface area contributed by atoms with Gasteiger partial charge < -0.3 is 14.8 Å². The van der Waals surface area contributed by atoms with Crippen molar-refractivity contribution in [3.63, 3.8) is 0 Å². The molecule has 2 rings (SSSR count). The summed E-state index contributed by atoms with van der Waals surface area (Å²) in [5, 5.41) is 2.81. The second-order valence-electron chi connectivity index (χ2n) is 7.85. The number of ether oxygens (including phenoxy) is 2. The molecule has 0 aliphatic rings. The highest BCUT2D eigenvalue weighted by atomic mass is 16.5. The summed E-state index contributed by atoms with van der Waals surface area (Å²) < 4.78 is 10.3. The SMILES string of the molecule is CC(=O)NC(CCc1ccc(-c2ccc(C(C)=O)cc2)cc1)(COC(C)=O)COC(C)=O. The molecular formula is C25H29NO6. The zero-order valence-corrected chi connectivity index (χ0v) is 18.9. The highest BCUT2D eigenvalue weighted by Gasteiger charge is 2.34. The Balaban J connectivity index is 2.15. The van der Waals surface area contributed by atoms with Crippen molar-refractivity contribution in [2.24, 2.45) is 0 Å². The number of esters is 2. The van der Waals surface area contributed by atoms with Gasteiger partial charge in [0.25, 0.3) is 0 Å². The molecule has 0 saturated carbocycles. The third-order valence-electron chi connectivity index (χ3n) is 5.02. The zero-order chi connectivity index (χ0) is 23.7. The van der Waals surface area contributed by atoms with Crippen LogP contribution in [-0.4, -0.2) is 42.4 Å². The largest absolute Gasteiger partial charge is 0.463 e. The highest BCUT2D eigenvalue weighted by Crippen LogP contribution is 2.23. The number of nitrogens with one attached hydrogen (secondary N) is 1. The number of benzene rings is 2. The van der Waals surface area contributed by atoms with E-state index >= 15 is 0 Å². The molecule has 7 heteroatoms. The van der Waals surface area contributed by atoms with E-state index in [9.17, 15) is 19.2 Å². The molecule has 0 spiro atoms. The predicted octanol–water partition coefficient (Wildman–Crippen LogP) is 3.49. The Morgan fingerprint density at radius 1 is 0.750 bits per heavy atom. The number of rotatable bonds is 10. The third-order valence-corrected chi connectivity index (χ3v) is 5.02. The van der Waals surface area contributed by atoms with Crippen LogP contribution in [0, 0.1) is 0 Å². The van der Waals surface area contributed by atoms with Crippen LogP contribution in [0.5, 0.6) is 0 Å². The average Bonchev–Trinajstić information content (AvgIpc) is 2.75. The Bertz CT molecular complexity index is 945. The lowest BCUT2D eigenvalue weighted by Gasteiger charge is -2.33. The maximum atomic E-state index is 11.8. The van der Waals surface area contributed by atoms with Crippen molar-refractivity contribution < 1.29 is 28.7 Å². The summed E-state index contributed by atoms with van der Waals surface area (Å²) in [6.07, 6.45) is 0.964. The van der Waals surface area contributed by atoms with Crippen LogP contribution < -0.4 is 5.32 Å². The summed E-state index contributed by atoms with van der Waals surface area (Å²) in [6.45, 7) is 5.26. The number of hydrogen-bond acceptors (Lipinski definition) is 6. The Morgan fingerprint density at radius 2 is 1.22 bits per heavy atom. The Kier molecular flexibility index (Phi) is 8.70. The summed E-state index contributed by atoms with van der Waals surface area (Å²) in [7, 11) is 0. The fraction of sp³-hybridized carbons (Fsp3) is 0.360. The minimum atomic E-state index is -1.02. The third kappa shape index (κ3) is 7.65. The van der Waals surface area contributed by atoms with Crippen molar-refractivity contribution in [3.8, 4) is 11.1 Å². The minimum absolute atomic E-state index is 0.0251. The van der Waals surface area contributed by atoms with Crippen LogP contribution in [0.4, 0.5) is 0 Å². The van der Waals surface area contributed by atoms with Crippen LogP contribution in [0.15, 0.2) is 48.5 Å². The molecule has 0 aliphatic heterocycles.